The lowest BCUT2D eigenvalue weighted by molar-refractivity contribution is 0.230. The van der Waals surface area contributed by atoms with Gasteiger partial charge in [0.15, 0.2) is 0 Å². The van der Waals surface area contributed by atoms with E-state index in [-0.39, 0.29) is 17.8 Å². The second kappa shape index (κ2) is 5.20. The zero-order chi connectivity index (χ0) is 11.4. The number of rotatable bonds is 2. The summed E-state index contributed by atoms with van der Waals surface area (Å²) < 4.78 is 1.45. The van der Waals surface area contributed by atoms with Crippen LogP contribution in [0.25, 0.3) is 0 Å². The van der Waals surface area contributed by atoms with Crippen LogP contribution in [0, 0.1) is 0 Å². The molecule has 0 heterocycles. The number of nitrogens with zero attached hydrogens (tertiary/aromatic N) is 1. The molecule has 0 aromatic heterocycles. The fraction of sp³-hybridized carbons (Fsp3) is 0.300. The maximum Gasteiger partial charge on any atom is 0.326 e. The van der Waals surface area contributed by atoms with Crippen LogP contribution in [0.5, 0.6) is 5.75 Å². The zero-order valence-electron chi connectivity index (χ0n) is 8.57. The van der Waals surface area contributed by atoms with Crippen molar-refractivity contribution in [3.63, 3.8) is 0 Å². The lowest BCUT2D eigenvalue weighted by Crippen LogP contribution is -2.33. The van der Waals surface area contributed by atoms with Gasteiger partial charge in [0, 0.05) is 7.05 Å². The van der Waals surface area contributed by atoms with Crippen LogP contribution in [0.4, 0.5) is 4.79 Å². The molecule has 0 aliphatic carbocycles. The van der Waals surface area contributed by atoms with Crippen LogP contribution in [0.3, 0.4) is 0 Å². The second-order valence-corrected chi connectivity index (χ2v) is 4.69. The van der Waals surface area contributed by atoms with Gasteiger partial charge in [0.25, 0.3) is 0 Å². The molecule has 0 aliphatic heterocycles. The molecule has 2 N–H and O–H groups in total. The van der Waals surface area contributed by atoms with Gasteiger partial charge in [-0.05, 0) is 24.6 Å². The summed E-state index contributed by atoms with van der Waals surface area (Å²) in [6.45, 7) is 1.89. The Hall–Kier alpha value is -0.980. The van der Waals surface area contributed by atoms with Gasteiger partial charge in [0.05, 0.1) is 28.9 Å². The molecule has 1 aromatic carbocycles. The van der Waals surface area contributed by atoms with Crippen LogP contribution in [0.1, 0.15) is 18.5 Å². The minimum Gasteiger partial charge on any atom is -0.508 e. The van der Waals surface area contributed by atoms with Gasteiger partial charge in [-0.25, -0.2) is 4.79 Å². The Labute approximate surface area is 103 Å². The first-order valence-corrected chi connectivity index (χ1v) is 5.46. The van der Waals surface area contributed by atoms with Crippen LogP contribution >= 0.6 is 22.9 Å². The van der Waals surface area contributed by atoms with E-state index in [1.54, 1.807) is 31.3 Å². The number of halogens is 1. The maximum absolute atomic E-state index is 11.4. The number of amides is 2. The molecule has 1 atom stereocenters. The molecule has 2 amide bonds. The van der Waals surface area contributed by atoms with Crippen molar-refractivity contribution in [3.05, 3.63) is 29.8 Å². The van der Waals surface area contributed by atoms with E-state index in [4.69, 9.17) is 5.11 Å². The maximum atomic E-state index is 11.4. The largest absolute Gasteiger partial charge is 0.508 e. The van der Waals surface area contributed by atoms with Crippen LogP contribution in [0.2, 0.25) is 0 Å². The van der Waals surface area contributed by atoms with Gasteiger partial charge in [-0.3, -0.25) is 3.11 Å². The van der Waals surface area contributed by atoms with E-state index in [0.717, 1.165) is 5.56 Å². The van der Waals surface area contributed by atoms with E-state index in [1.807, 2.05) is 29.8 Å². The highest BCUT2D eigenvalue weighted by Gasteiger charge is 2.10. The van der Waals surface area contributed by atoms with E-state index in [2.05, 4.69) is 5.32 Å². The summed E-state index contributed by atoms with van der Waals surface area (Å²) in [7, 11) is 1.68. The average Bonchev–Trinajstić information content (AvgIpc) is 2.18. The minimum absolute atomic E-state index is 0.0738. The molecule has 0 spiro atoms. The molecule has 0 saturated heterocycles. The molecule has 0 unspecified atom stereocenters. The van der Waals surface area contributed by atoms with Crippen LogP contribution in [-0.4, -0.2) is 21.3 Å². The third-order valence-electron chi connectivity index (χ3n) is 2.01. The van der Waals surface area contributed by atoms with E-state index >= 15 is 0 Å². The van der Waals surface area contributed by atoms with Gasteiger partial charge >= 0.3 is 6.03 Å². The van der Waals surface area contributed by atoms with Crippen molar-refractivity contribution in [1.29, 1.82) is 0 Å². The number of hydrogen-bond donors (Lipinski definition) is 2. The number of nitrogens with one attached hydrogen (secondary N) is 1. The van der Waals surface area contributed by atoms with Crippen molar-refractivity contribution in [1.82, 2.24) is 8.43 Å². The first-order valence-electron chi connectivity index (χ1n) is 4.49. The topological polar surface area (TPSA) is 52.6 Å². The lowest BCUT2D eigenvalue weighted by atomic mass is 10.1. The molecule has 4 nitrogen and oxygen atoms in total. The zero-order valence-corrected chi connectivity index (χ0v) is 10.7. The summed E-state index contributed by atoms with van der Waals surface area (Å²) >= 11 is 1.91. The second-order valence-electron chi connectivity index (χ2n) is 3.24. The Balaban J connectivity index is 2.65. The Morgan fingerprint density at radius 3 is 2.47 bits per heavy atom. The molecule has 15 heavy (non-hydrogen) atoms. The summed E-state index contributed by atoms with van der Waals surface area (Å²) in [5.41, 5.74) is 0.958. The highest BCUT2D eigenvalue weighted by molar-refractivity contribution is 14.1. The number of benzene rings is 1. The molecular weight excluding hydrogens is 307 g/mol. The lowest BCUT2D eigenvalue weighted by Gasteiger charge is -2.16. The van der Waals surface area contributed by atoms with Gasteiger partial charge in [-0.2, -0.15) is 0 Å². The van der Waals surface area contributed by atoms with Gasteiger partial charge < -0.3 is 10.4 Å². The smallest absolute Gasteiger partial charge is 0.326 e. The molecule has 5 heteroatoms. The van der Waals surface area contributed by atoms with Crippen molar-refractivity contribution in [3.8, 4) is 5.75 Å². The molecule has 1 aromatic rings. The van der Waals surface area contributed by atoms with Crippen molar-refractivity contribution in [2.24, 2.45) is 0 Å². The van der Waals surface area contributed by atoms with Gasteiger partial charge in [0.1, 0.15) is 5.75 Å². The molecule has 0 radical (unpaired) electrons. The predicted molar refractivity (Wildman–Crippen MR) is 66.8 cm³/mol. The Morgan fingerprint density at radius 2 is 2.00 bits per heavy atom. The van der Waals surface area contributed by atoms with Gasteiger partial charge in [0.2, 0.25) is 0 Å². The standard InChI is InChI=1S/C10H13IN2O2/c1-7(12-10(15)13(2)11)8-3-5-9(14)6-4-8/h3-7,14H,1-2H3,(H,12,15)/t7-/m0/s1. The van der Waals surface area contributed by atoms with E-state index in [9.17, 15) is 4.79 Å². The van der Waals surface area contributed by atoms with Crippen molar-refractivity contribution >= 4 is 28.9 Å². The summed E-state index contributed by atoms with van der Waals surface area (Å²) in [5, 5.41) is 11.9. The molecule has 0 aliphatic rings. The number of phenols is 1. The fourth-order valence-electron chi connectivity index (χ4n) is 1.12. The summed E-state index contributed by atoms with van der Waals surface area (Å²) in [6, 6.07) is 6.56. The number of hydrogen-bond acceptors (Lipinski definition) is 2. The summed E-state index contributed by atoms with van der Waals surface area (Å²) in [5.74, 6) is 0.225. The first-order chi connectivity index (χ1) is 7.00. The first kappa shape index (κ1) is 12.1. The number of carbonyl (C=O) groups is 1. The van der Waals surface area contributed by atoms with Crippen molar-refractivity contribution in [2.75, 3.05) is 7.05 Å². The van der Waals surface area contributed by atoms with E-state index < -0.39 is 0 Å². The quantitative estimate of drug-likeness (QED) is 0.650. The summed E-state index contributed by atoms with van der Waals surface area (Å²) in [4.78, 5) is 11.4. The van der Waals surface area contributed by atoms with Crippen LogP contribution < -0.4 is 5.32 Å². The molecule has 1 rings (SSSR count). The average molecular weight is 320 g/mol. The van der Waals surface area contributed by atoms with Crippen molar-refractivity contribution < 1.29 is 9.90 Å². The Morgan fingerprint density at radius 1 is 1.47 bits per heavy atom. The third-order valence-corrected chi connectivity index (χ3v) is 2.45. The SMILES string of the molecule is C[C@H](NC(=O)N(C)I)c1ccc(O)cc1. The monoisotopic (exact) mass is 320 g/mol. The molecular formula is C10H13IN2O2. The highest BCUT2D eigenvalue weighted by atomic mass is 127. The third kappa shape index (κ3) is 3.58. The minimum atomic E-state index is -0.142. The van der Waals surface area contributed by atoms with Crippen LogP contribution in [0.15, 0.2) is 24.3 Å². The normalized spacial score (nSPS) is 11.9. The predicted octanol–water partition coefficient (Wildman–Crippen LogP) is 2.44. The Kier molecular flexibility index (Phi) is 4.19. The molecule has 0 fully saturated rings. The fourth-order valence-corrected chi connectivity index (χ4v) is 1.26. The number of aromatic hydroxyl groups is 1. The number of phenolic OH excluding ortho intramolecular Hbond substituents is 1. The number of urea groups is 1. The molecule has 82 valence electrons. The number of carbonyl (C=O) groups excluding carboxylic acids is 1. The Bertz CT molecular complexity index is 338. The van der Waals surface area contributed by atoms with Gasteiger partial charge in [-0.1, -0.05) is 12.1 Å². The van der Waals surface area contributed by atoms with E-state index in [0.29, 0.717) is 0 Å². The highest BCUT2D eigenvalue weighted by Crippen LogP contribution is 2.16. The van der Waals surface area contributed by atoms with Crippen LogP contribution in [-0.2, 0) is 0 Å². The molecule has 0 saturated carbocycles. The van der Waals surface area contributed by atoms with E-state index in [1.165, 1.54) is 3.11 Å². The van der Waals surface area contributed by atoms with Crippen molar-refractivity contribution in [2.45, 2.75) is 13.0 Å². The molecule has 0 bridgehead atoms. The van der Waals surface area contributed by atoms with Gasteiger partial charge in [-0.15, -0.1) is 0 Å². The summed E-state index contributed by atoms with van der Waals surface area (Å²) in [6.07, 6.45) is 0.